The fraction of sp³-hybridized carbons (Fsp3) is 0.185. The summed E-state index contributed by atoms with van der Waals surface area (Å²) < 4.78 is 34.8. The zero-order chi connectivity index (χ0) is 24.1. The summed E-state index contributed by atoms with van der Waals surface area (Å²) in [6, 6.07) is 17.8. The second-order valence-electron chi connectivity index (χ2n) is 8.51. The molecule has 3 aromatic carbocycles. The molecule has 2 atom stereocenters. The fourth-order valence-electron chi connectivity index (χ4n) is 4.87. The van der Waals surface area contributed by atoms with E-state index < -0.39 is 12.1 Å². The van der Waals surface area contributed by atoms with Crippen LogP contribution in [0.1, 0.15) is 34.4 Å². The fourth-order valence-corrected chi connectivity index (χ4v) is 4.87. The minimum Gasteiger partial charge on any atom is -0.497 e. The maximum Gasteiger partial charge on any atom is 0.226 e. The molecule has 0 amide bonds. The third kappa shape index (κ3) is 3.32. The second-order valence-corrected chi connectivity index (χ2v) is 8.51. The van der Waals surface area contributed by atoms with Crippen molar-refractivity contribution in [2.45, 2.75) is 19.1 Å². The van der Waals surface area contributed by atoms with Gasteiger partial charge in [-0.15, -0.1) is 0 Å². The number of hydrogen-bond acceptors (Lipinski definition) is 6. The summed E-state index contributed by atoms with van der Waals surface area (Å²) in [7, 11) is 3.22. The molecule has 0 spiro atoms. The number of rotatable bonds is 4. The maximum absolute atomic E-state index is 15.3. The van der Waals surface area contributed by atoms with Crippen molar-refractivity contribution >= 4 is 11.6 Å². The lowest BCUT2D eigenvalue weighted by Crippen LogP contribution is -2.33. The molecule has 0 bridgehead atoms. The van der Waals surface area contributed by atoms with Crippen LogP contribution in [0.25, 0.3) is 5.70 Å². The molecule has 176 valence electrons. The Morgan fingerprint density at radius 3 is 2.66 bits per heavy atom. The highest BCUT2D eigenvalue weighted by atomic mass is 19.1. The summed E-state index contributed by atoms with van der Waals surface area (Å²) in [5.41, 5.74) is 4.88. The van der Waals surface area contributed by atoms with E-state index in [1.807, 2.05) is 43.3 Å². The molecule has 0 unspecified atom stereocenters. The summed E-state index contributed by atoms with van der Waals surface area (Å²) in [6.45, 7) is 2.03. The van der Waals surface area contributed by atoms with Crippen molar-refractivity contribution in [3.8, 4) is 17.2 Å². The summed E-state index contributed by atoms with van der Waals surface area (Å²) in [6.07, 6.45) is 0.880. The molecule has 0 fully saturated rings. The van der Waals surface area contributed by atoms with Crippen LogP contribution in [0, 0.1) is 12.7 Å². The number of halogens is 1. The Morgan fingerprint density at radius 2 is 1.86 bits per heavy atom. The molecule has 7 nitrogen and oxygen atoms in total. The van der Waals surface area contributed by atoms with Gasteiger partial charge in [0.15, 0.2) is 6.10 Å². The highest BCUT2D eigenvalue weighted by Crippen LogP contribution is 2.52. The van der Waals surface area contributed by atoms with E-state index in [1.165, 1.54) is 12.4 Å². The number of anilines is 1. The lowest BCUT2D eigenvalue weighted by atomic mass is 9.84. The zero-order valence-electron chi connectivity index (χ0n) is 19.4. The number of methoxy groups -OCH3 is 2. The van der Waals surface area contributed by atoms with Crippen LogP contribution in [0.15, 0.2) is 72.6 Å². The predicted molar refractivity (Wildman–Crippen MR) is 129 cm³/mol. The molecule has 35 heavy (non-hydrogen) atoms. The number of nitrogens with one attached hydrogen (secondary N) is 1. The minimum absolute atomic E-state index is 0.330. The molecule has 4 aromatic rings. The van der Waals surface area contributed by atoms with Crippen molar-refractivity contribution in [3.05, 3.63) is 101 Å². The second kappa shape index (κ2) is 8.16. The van der Waals surface area contributed by atoms with E-state index >= 15 is 4.39 Å². The summed E-state index contributed by atoms with van der Waals surface area (Å²) in [5, 5.41) is 7.90. The van der Waals surface area contributed by atoms with Gasteiger partial charge in [0.2, 0.25) is 5.95 Å². The van der Waals surface area contributed by atoms with E-state index in [0.29, 0.717) is 28.8 Å². The van der Waals surface area contributed by atoms with E-state index in [-0.39, 0.29) is 5.82 Å². The number of benzene rings is 3. The molecule has 1 N–H and O–H groups in total. The summed E-state index contributed by atoms with van der Waals surface area (Å²) in [5.74, 6) is 2.19. The van der Waals surface area contributed by atoms with Gasteiger partial charge in [0.25, 0.3) is 0 Å². The topological polar surface area (TPSA) is 70.4 Å². The first-order valence-electron chi connectivity index (χ1n) is 11.2. The van der Waals surface area contributed by atoms with Crippen LogP contribution in [0.4, 0.5) is 10.3 Å². The van der Waals surface area contributed by atoms with Crippen molar-refractivity contribution in [1.29, 1.82) is 0 Å². The van der Waals surface area contributed by atoms with Crippen LogP contribution >= 0.6 is 0 Å². The molecule has 8 heteroatoms. The molecule has 2 aliphatic heterocycles. The van der Waals surface area contributed by atoms with Gasteiger partial charge in [-0.3, -0.25) is 0 Å². The number of nitrogens with zero attached hydrogens (tertiary/aromatic N) is 3. The van der Waals surface area contributed by atoms with Crippen LogP contribution in [0.3, 0.4) is 0 Å². The lowest BCUT2D eigenvalue weighted by Gasteiger charge is -2.39. The van der Waals surface area contributed by atoms with Gasteiger partial charge in [-0.2, -0.15) is 10.1 Å². The maximum atomic E-state index is 15.3. The van der Waals surface area contributed by atoms with E-state index in [0.717, 1.165) is 28.0 Å². The Kier molecular flexibility index (Phi) is 4.95. The summed E-state index contributed by atoms with van der Waals surface area (Å²) in [4.78, 5) is 4.40. The Bertz CT molecular complexity index is 1480. The Balaban J connectivity index is 1.65. The molecule has 2 aliphatic rings. The average molecular weight is 471 g/mol. The molecule has 0 radical (unpaired) electrons. The van der Waals surface area contributed by atoms with Gasteiger partial charge < -0.3 is 19.5 Å². The van der Waals surface area contributed by atoms with Gasteiger partial charge in [-0.1, -0.05) is 29.8 Å². The van der Waals surface area contributed by atoms with Crippen LogP contribution in [-0.4, -0.2) is 29.0 Å². The Labute approximate surface area is 201 Å². The normalized spacial score (nSPS) is 18.1. The number of aromatic nitrogens is 3. The predicted octanol–water partition coefficient (Wildman–Crippen LogP) is 5.30. The third-order valence-electron chi connectivity index (χ3n) is 6.49. The van der Waals surface area contributed by atoms with Crippen LogP contribution in [0.2, 0.25) is 0 Å². The van der Waals surface area contributed by atoms with E-state index in [9.17, 15) is 0 Å². The van der Waals surface area contributed by atoms with Crippen LogP contribution in [-0.2, 0) is 0 Å². The third-order valence-corrected chi connectivity index (χ3v) is 6.49. The molecular formula is C27H23FN4O3. The quantitative estimate of drug-likeness (QED) is 0.436. The SMILES string of the molecule is COc1ccc([C@H]2Oc3ccc(C)cc3C3=C2[C@H](c2ccccc2F)n2ncnc2N3)c(OC)c1. The van der Waals surface area contributed by atoms with Crippen molar-refractivity contribution in [2.75, 3.05) is 19.5 Å². The highest BCUT2D eigenvalue weighted by molar-refractivity contribution is 5.85. The Morgan fingerprint density at radius 1 is 1.00 bits per heavy atom. The largest absolute Gasteiger partial charge is 0.497 e. The van der Waals surface area contributed by atoms with Crippen molar-refractivity contribution in [3.63, 3.8) is 0 Å². The minimum atomic E-state index is -0.588. The van der Waals surface area contributed by atoms with Gasteiger partial charge in [0.05, 0.1) is 19.9 Å². The molecule has 0 saturated carbocycles. The molecule has 6 rings (SSSR count). The smallest absolute Gasteiger partial charge is 0.226 e. The van der Waals surface area contributed by atoms with Crippen molar-refractivity contribution in [1.82, 2.24) is 14.8 Å². The first kappa shape index (κ1) is 21.2. The summed E-state index contributed by atoms with van der Waals surface area (Å²) >= 11 is 0. The number of hydrogen-bond donors (Lipinski definition) is 1. The molecule has 0 saturated heterocycles. The molecule has 0 aliphatic carbocycles. The van der Waals surface area contributed by atoms with E-state index in [4.69, 9.17) is 14.2 Å². The first-order valence-corrected chi connectivity index (χ1v) is 11.2. The van der Waals surface area contributed by atoms with E-state index in [2.05, 4.69) is 21.5 Å². The molecule has 1 aromatic heterocycles. The molecule has 3 heterocycles. The number of ether oxygens (including phenoxy) is 3. The average Bonchev–Trinajstić information content (AvgIpc) is 3.36. The monoisotopic (exact) mass is 470 g/mol. The van der Waals surface area contributed by atoms with Crippen LogP contribution in [0.5, 0.6) is 17.2 Å². The lowest BCUT2D eigenvalue weighted by molar-refractivity contribution is 0.217. The first-order chi connectivity index (χ1) is 17.1. The van der Waals surface area contributed by atoms with Gasteiger partial charge in [0, 0.05) is 28.3 Å². The van der Waals surface area contributed by atoms with Gasteiger partial charge in [0.1, 0.15) is 35.4 Å². The van der Waals surface area contributed by atoms with Gasteiger partial charge in [-0.25, -0.2) is 9.07 Å². The van der Waals surface area contributed by atoms with E-state index in [1.54, 1.807) is 31.0 Å². The molecular weight excluding hydrogens is 447 g/mol. The number of aryl methyl sites for hydroxylation is 1. The zero-order valence-corrected chi connectivity index (χ0v) is 19.4. The number of fused-ring (bicyclic) bond motifs is 3. The highest BCUT2D eigenvalue weighted by Gasteiger charge is 2.42. The van der Waals surface area contributed by atoms with Gasteiger partial charge >= 0.3 is 0 Å². The van der Waals surface area contributed by atoms with Gasteiger partial charge in [-0.05, 0) is 37.3 Å². The van der Waals surface area contributed by atoms with Crippen LogP contribution < -0.4 is 19.5 Å². The van der Waals surface area contributed by atoms with Crippen molar-refractivity contribution in [2.24, 2.45) is 0 Å². The van der Waals surface area contributed by atoms with Crippen molar-refractivity contribution < 1.29 is 18.6 Å². The standard InChI is InChI=1S/C27H23FN4O3/c1-15-8-11-21-19(12-15)24-23(26(35-21)18-10-9-16(33-2)13-22(18)34-3)25(17-6-4-5-7-20(17)28)32-27(31-24)29-14-30-32/h4-14,25-26H,1-3H3,(H,29,30,31)/t25-,26+/m0/s1. The Hall–Kier alpha value is -4.33.